The summed E-state index contributed by atoms with van der Waals surface area (Å²) >= 11 is 0.969. The lowest BCUT2D eigenvalue weighted by molar-refractivity contribution is -0.177. The lowest BCUT2D eigenvalue weighted by atomic mass is 10.0. The Labute approximate surface area is 137 Å². The van der Waals surface area contributed by atoms with Gasteiger partial charge in [-0.1, -0.05) is 0 Å². The van der Waals surface area contributed by atoms with Crippen LogP contribution in [0.1, 0.15) is 6.92 Å². The van der Waals surface area contributed by atoms with Crippen molar-refractivity contribution in [2.75, 3.05) is 12.4 Å². The van der Waals surface area contributed by atoms with Crippen molar-refractivity contribution in [3.63, 3.8) is 0 Å². The molecule has 0 bridgehead atoms. The van der Waals surface area contributed by atoms with Gasteiger partial charge in [-0.3, -0.25) is 19.3 Å². The van der Waals surface area contributed by atoms with E-state index in [1.807, 2.05) is 0 Å². The van der Waals surface area contributed by atoms with E-state index in [0.29, 0.717) is 0 Å². The smallest absolute Gasteiger partial charge is 0.471 e. The minimum Gasteiger partial charge on any atom is -0.477 e. The second kappa shape index (κ2) is 6.34. The van der Waals surface area contributed by atoms with Crippen molar-refractivity contribution in [3.05, 3.63) is 11.3 Å². The van der Waals surface area contributed by atoms with Gasteiger partial charge in [-0.2, -0.15) is 13.2 Å². The average molecular weight is 368 g/mol. The number of rotatable bonds is 4. The van der Waals surface area contributed by atoms with Crippen LogP contribution < -0.4 is 5.32 Å². The molecule has 2 aliphatic rings. The zero-order valence-corrected chi connectivity index (χ0v) is 12.9. The Morgan fingerprint density at radius 3 is 2.54 bits per heavy atom. The Morgan fingerprint density at radius 2 is 2.04 bits per heavy atom. The highest BCUT2D eigenvalue weighted by atomic mass is 32.2. The third kappa shape index (κ3) is 3.32. The summed E-state index contributed by atoms with van der Waals surface area (Å²) in [5, 5.41) is 9.83. The molecule has 0 spiro atoms. The molecule has 1 fully saturated rings. The Hall–Kier alpha value is -2.24. The van der Waals surface area contributed by atoms with E-state index in [-0.39, 0.29) is 17.9 Å². The van der Waals surface area contributed by atoms with Crippen molar-refractivity contribution in [2.45, 2.75) is 24.5 Å². The molecule has 0 saturated carbocycles. The van der Waals surface area contributed by atoms with Crippen LogP contribution in [0.2, 0.25) is 0 Å². The maximum atomic E-state index is 12.3. The summed E-state index contributed by atoms with van der Waals surface area (Å²) in [5.41, 5.74) is -0.296. The van der Waals surface area contributed by atoms with Crippen molar-refractivity contribution >= 4 is 35.5 Å². The van der Waals surface area contributed by atoms with Gasteiger partial charge < -0.3 is 15.2 Å². The third-order valence-electron chi connectivity index (χ3n) is 3.24. The number of alkyl halides is 3. The minimum atomic E-state index is -5.15. The molecule has 8 nitrogen and oxygen atoms in total. The van der Waals surface area contributed by atoms with E-state index in [2.05, 4.69) is 0 Å². The predicted molar refractivity (Wildman–Crippen MR) is 72.4 cm³/mol. The second-order valence-corrected chi connectivity index (χ2v) is 6.00. The number of carbonyl (C=O) groups excluding carboxylic acids is 3. The molecule has 0 aromatic rings. The fourth-order valence-electron chi connectivity index (χ4n) is 2.21. The van der Waals surface area contributed by atoms with Crippen LogP contribution in [0.3, 0.4) is 0 Å². The van der Waals surface area contributed by atoms with Gasteiger partial charge in [0, 0.05) is 18.2 Å². The number of esters is 1. The first kappa shape index (κ1) is 18.1. The number of β-lactam (4-membered cyclic amide) rings is 1. The normalized spacial score (nSPS) is 23.3. The van der Waals surface area contributed by atoms with Crippen molar-refractivity contribution in [1.29, 1.82) is 0 Å². The first-order chi connectivity index (χ1) is 11.0. The summed E-state index contributed by atoms with van der Waals surface area (Å²) in [4.78, 5) is 45.9. The Kier molecular flexibility index (Phi) is 4.78. The molecule has 132 valence electrons. The number of carbonyl (C=O) groups is 4. The van der Waals surface area contributed by atoms with Crippen LogP contribution in [0.5, 0.6) is 0 Å². The Balaban J connectivity index is 2.18. The van der Waals surface area contributed by atoms with Gasteiger partial charge in [0.15, 0.2) is 0 Å². The first-order valence-electron chi connectivity index (χ1n) is 6.45. The van der Waals surface area contributed by atoms with Gasteiger partial charge in [0.25, 0.3) is 5.91 Å². The van der Waals surface area contributed by atoms with Crippen LogP contribution in [0, 0.1) is 0 Å². The first-order valence-corrected chi connectivity index (χ1v) is 7.50. The molecule has 0 radical (unpaired) electrons. The Morgan fingerprint density at radius 1 is 1.42 bits per heavy atom. The zero-order valence-electron chi connectivity index (χ0n) is 12.0. The third-order valence-corrected chi connectivity index (χ3v) is 4.58. The summed E-state index contributed by atoms with van der Waals surface area (Å²) in [6.07, 6.45) is -5.15. The van der Waals surface area contributed by atoms with E-state index in [1.54, 1.807) is 5.32 Å². The predicted octanol–water partition coefficient (Wildman–Crippen LogP) is -0.150. The van der Waals surface area contributed by atoms with E-state index in [4.69, 9.17) is 4.74 Å². The van der Waals surface area contributed by atoms with Gasteiger partial charge in [-0.05, 0) is 0 Å². The van der Waals surface area contributed by atoms with Crippen LogP contribution in [0.25, 0.3) is 0 Å². The molecule has 2 heterocycles. The summed E-state index contributed by atoms with van der Waals surface area (Å²) in [6.45, 7) is 0.775. The molecule has 2 amide bonds. The number of fused-ring (bicyclic) bond motifs is 1. The fraction of sp³-hybridized carbons (Fsp3) is 0.500. The maximum absolute atomic E-state index is 12.3. The fourth-order valence-corrected chi connectivity index (χ4v) is 3.53. The molecule has 2 rings (SSSR count). The van der Waals surface area contributed by atoms with Crippen LogP contribution in [0.4, 0.5) is 13.2 Å². The van der Waals surface area contributed by atoms with Crippen molar-refractivity contribution in [2.24, 2.45) is 0 Å². The highest BCUT2D eigenvalue weighted by molar-refractivity contribution is 8.00. The molecule has 2 unspecified atom stereocenters. The van der Waals surface area contributed by atoms with E-state index < -0.39 is 47.0 Å². The van der Waals surface area contributed by atoms with Crippen molar-refractivity contribution in [1.82, 2.24) is 10.2 Å². The highest BCUT2D eigenvalue weighted by Gasteiger charge is 2.56. The summed E-state index contributed by atoms with van der Waals surface area (Å²) in [5.74, 6) is -5.34. The minimum absolute atomic E-state index is 0.0295. The van der Waals surface area contributed by atoms with Crippen LogP contribution >= 0.6 is 11.8 Å². The van der Waals surface area contributed by atoms with E-state index >= 15 is 0 Å². The Bertz CT molecular complexity index is 647. The number of carboxylic acids is 1. The number of hydrogen-bond donors (Lipinski definition) is 2. The number of thioether (sulfide) groups is 1. The number of ether oxygens (including phenoxy) is 1. The van der Waals surface area contributed by atoms with E-state index in [0.717, 1.165) is 23.6 Å². The van der Waals surface area contributed by atoms with Gasteiger partial charge in [0.05, 0.1) is 0 Å². The topological polar surface area (TPSA) is 113 Å². The summed E-state index contributed by atoms with van der Waals surface area (Å²) < 4.78 is 41.5. The van der Waals surface area contributed by atoms with Crippen molar-refractivity contribution in [3.8, 4) is 0 Å². The number of amides is 2. The van der Waals surface area contributed by atoms with Crippen LogP contribution in [0.15, 0.2) is 11.3 Å². The number of aliphatic carboxylic acids is 1. The molecule has 12 heteroatoms. The summed E-state index contributed by atoms with van der Waals surface area (Å²) in [6, 6.07) is -1.46. The van der Waals surface area contributed by atoms with Gasteiger partial charge in [0.1, 0.15) is 23.7 Å². The molecule has 0 aliphatic carbocycles. The van der Waals surface area contributed by atoms with Gasteiger partial charge in [-0.25, -0.2) is 4.79 Å². The number of carboxylic acid groups (broad SMARTS) is 1. The second-order valence-electron chi connectivity index (χ2n) is 4.90. The number of nitrogens with one attached hydrogen (secondary N) is 1. The molecule has 24 heavy (non-hydrogen) atoms. The number of nitrogens with zero attached hydrogens (tertiary/aromatic N) is 1. The molecule has 2 aliphatic heterocycles. The standard InChI is InChI=1S/C12H11F3N2O6S/c1-4(18)23-2-5-3-24-9-6(16-11(22)12(13,14)15)8(19)17(9)7(5)10(20)21/h6,9H,2-3H2,1H3,(H,16,22)(H,20,21). The molecule has 2 N–H and O–H groups in total. The molecule has 0 aromatic heterocycles. The zero-order chi connectivity index (χ0) is 18.2. The van der Waals surface area contributed by atoms with E-state index in [9.17, 15) is 37.5 Å². The molecular formula is C12H11F3N2O6S. The van der Waals surface area contributed by atoms with Gasteiger partial charge in [0.2, 0.25) is 0 Å². The quantitative estimate of drug-likeness (QED) is 0.524. The monoisotopic (exact) mass is 368 g/mol. The maximum Gasteiger partial charge on any atom is 0.471 e. The largest absolute Gasteiger partial charge is 0.477 e. The lowest BCUT2D eigenvalue weighted by Gasteiger charge is -2.49. The van der Waals surface area contributed by atoms with Gasteiger partial charge in [-0.15, -0.1) is 11.8 Å². The van der Waals surface area contributed by atoms with E-state index in [1.165, 1.54) is 0 Å². The van der Waals surface area contributed by atoms with Gasteiger partial charge >= 0.3 is 24.0 Å². The summed E-state index contributed by atoms with van der Waals surface area (Å²) in [7, 11) is 0. The van der Waals surface area contributed by atoms with Crippen molar-refractivity contribution < 1.29 is 42.2 Å². The molecule has 0 aromatic carbocycles. The SMILES string of the molecule is CC(=O)OCC1=C(C(=O)O)N2C(=O)C(NC(=O)C(F)(F)F)C2SC1. The highest BCUT2D eigenvalue weighted by Crippen LogP contribution is 2.40. The number of halogens is 3. The van der Waals surface area contributed by atoms with Crippen LogP contribution in [-0.2, 0) is 23.9 Å². The number of hydrogen-bond acceptors (Lipinski definition) is 6. The molecule has 1 saturated heterocycles. The average Bonchev–Trinajstić information content (AvgIpc) is 2.47. The molecule has 2 atom stereocenters. The van der Waals surface area contributed by atoms with Crippen LogP contribution in [-0.4, -0.2) is 63.7 Å². The molecular weight excluding hydrogens is 357 g/mol. The lowest BCUT2D eigenvalue weighted by Crippen LogP contribution is -2.71.